The number of methoxy groups -OCH3 is 1. The van der Waals surface area contributed by atoms with Gasteiger partial charge in [-0.05, 0) is 6.42 Å². The number of ether oxygens (including phenoxy) is 1. The number of rotatable bonds is 13. The van der Waals surface area contributed by atoms with E-state index in [9.17, 15) is 14.7 Å². The second kappa shape index (κ2) is 13.9. The van der Waals surface area contributed by atoms with Crippen LogP contribution in [0.3, 0.4) is 0 Å². The van der Waals surface area contributed by atoms with E-state index in [1.54, 1.807) is 0 Å². The van der Waals surface area contributed by atoms with Crippen molar-refractivity contribution >= 4 is 11.9 Å². The van der Waals surface area contributed by atoms with E-state index in [0.717, 1.165) is 12.8 Å². The predicted molar refractivity (Wildman–Crippen MR) is 82.9 cm³/mol. The molecule has 0 heterocycles. The van der Waals surface area contributed by atoms with E-state index < -0.39 is 12.1 Å². The molecule has 0 aliphatic rings. The Morgan fingerprint density at radius 1 is 1.00 bits per heavy atom. The highest BCUT2D eigenvalue weighted by Gasteiger charge is 2.15. The topological polar surface area (TPSA) is 75.6 Å². The highest BCUT2D eigenvalue weighted by Crippen LogP contribution is 2.10. The average molecular weight is 301 g/mol. The number of unbranched alkanes of at least 4 members (excludes halogenated alkanes) is 8. The van der Waals surface area contributed by atoms with E-state index in [4.69, 9.17) is 0 Å². The van der Waals surface area contributed by atoms with Crippen LogP contribution in [0, 0.1) is 0 Å². The minimum absolute atomic E-state index is 0.0804. The van der Waals surface area contributed by atoms with Crippen LogP contribution in [-0.2, 0) is 14.3 Å². The first kappa shape index (κ1) is 19.9. The maximum atomic E-state index is 11.5. The first-order valence-corrected chi connectivity index (χ1v) is 8.14. The fraction of sp³-hybridized carbons (Fsp3) is 0.875. The Labute approximate surface area is 128 Å². The van der Waals surface area contributed by atoms with Crippen LogP contribution in [0.2, 0.25) is 0 Å². The third-order valence-corrected chi connectivity index (χ3v) is 3.47. The fourth-order valence-electron chi connectivity index (χ4n) is 2.11. The van der Waals surface area contributed by atoms with Crippen molar-refractivity contribution in [2.24, 2.45) is 0 Å². The van der Waals surface area contributed by atoms with Crippen molar-refractivity contribution in [2.45, 2.75) is 77.2 Å². The van der Waals surface area contributed by atoms with Crippen LogP contribution in [-0.4, -0.2) is 36.7 Å². The second-order valence-corrected chi connectivity index (χ2v) is 5.42. The summed E-state index contributed by atoms with van der Waals surface area (Å²) in [6, 6.07) is 0. The van der Waals surface area contributed by atoms with Crippen molar-refractivity contribution in [1.29, 1.82) is 0 Å². The van der Waals surface area contributed by atoms with Gasteiger partial charge in [0.15, 0.2) is 6.10 Å². The Hall–Kier alpha value is -1.10. The lowest BCUT2D eigenvalue weighted by Crippen LogP contribution is -2.37. The second-order valence-electron chi connectivity index (χ2n) is 5.42. The van der Waals surface area contributed by atoms with Gasteiger partial charge in [0.1, 0.15) is 0 Å². The molecule has 0 radical (unpaired) electrons. The summed E-state index contributed by atoms with van der Waals surface area (Å²) in [7, 11) is 1.20. The summed E-state index contributed by atoms with van der Waals surface area (Å²) in [5.41, 5.74) is 0. The van der Waals surface area contributed by atoms with Gasteiger partial charge in [0.05, 0.1) is 13.7 Å². The van der Waals surface area contributed by atoms with Gasteiger partial charge in [-0.3, -0.25) is 4.79 Å². The van der Waals surface area contributed by atoms with E-state index in [0.29, 0.717) is 6.42 Å². The minimum Gasteiger partial charge on any atom is -0.467 e. The van der Waals surface area contributed by atoms with Crippen molar-refractivity contribution in [3.8, 4) is 0 Å². The van der Waals surface area contributed by atoms with E-state index in [2.05, 4.69) is 17.0 Å². The molecule has 21 heavy (non-hydrogen) atoms. The summed E-state index contributed by atoms with van der Waals surface area (Å²) in [5.74, 6) is -0.848. The summed E-state index contributed by atoms with van der Waals surface area (Å²) < 4.78 is 4.36. The minimum atomic E-state index is -1.28. The summed E-state index contributed by atoms with van der Waals surface area (Å²) in [6.45, 7) is 2.14. The summed E-state index contributed by atoms with van der Waals surface area (Å²) in [5, 5.41) is 11.8. The lowest BCUT2D eigenvalue weighted by Gasteiger charge is -2.09. The zero-order chi connectivity index (χ0) is 15.9. The van der Waals surface area contributed by atoms with Gasteiger partial charge < -0.3 is 15.2 Å². The summed E-state index contributed by atoms with van der Waals surface area (Å²) in [6.07, 6.45) is 10.0. The van der Waals surface area contributed by atoms with Gasteiger partial charge >= 0.3 is 5.97 Å². The molecule has 0 saturated carbocycles. The third kappa shape index (κ3) is 12.4. The van der Waals surface area contributed by atoms with Crippen LogP contribution < -0.4 is 5.32 Å². The Balaban J connectivity index is 3.36. The molecule has 0 aromatic heterocycles. The van der Waals surface area contributed by atoms with E-state index in [1.807, 2.05) is 0 Å². The van der Waals surface area contributed by atoms with Crippen molar-refractivity contribution in [3.63, 3.8) is 0 Å². The van der Waals surface area contributed by atoms with Crippen LogP contribution in [0.5, 0.6) is 0 Å². The standard InChI is InChI=1S/C16H31NO4/c1-3-4-5-6-7-8-9-10-11-12-15(19)17-13-14(18)16(20)21-2/h14,18H,3-13H2,1-2H3,(H,17,19). The molecule has 0 bridgehead atoms. The fourth-order valence-corrected chi connectivity index (χ4v) is 2.11. The molecule has 1 atom stereocenters. The van der Waals surface area contributed by atoms with Gasteiger partial charge in [-0.15, -0.1) is 0 Å². The maximum Gasteiger partial charge on any atom is 0.336 e. The Morgan fingerprint density at radius 2 is 1.52 bits per heavy atom. The van der Waals surface area contributed by atoms with Gasteiger partial charge in [-0.1, -0.05) is 58.3 Å². The molecule has 0 aromatic carbocycles. The Kier molecular flexibility index (Phi) is 13.1. The monoisotopic (exact) mass is 301 g/mol. The lowest BCUT2D eigenvalue weighted by atomic mass is 10.1. The molecule has 5 heteroatoms. The smallest absolute Gasteiger partial charge is 0.336 e. The number of amides is 1. The number of aliphatic hydroxyl groups excluding tert-OH is 1. The normalized spacial score (nSPS) is 12.0. The van der Waals surface area contributed by atoms with Crippen LogP contribution in [0.15, 0.2) is 0 Å². The molecule has 124 valence electrons. The molecular formula is C16H31NO4. The number of aliphatic hydroxyl groups is 1. The number of nitrogens with one attached hydrogen (secondary N) is 1. The van der Waals surface area contributed by atoms with Crippen molar-refractivity contribution in [1.82, 2.24) is 5.32 Å². The molecule has 2 N–H and O–H groups in total. The maximum absolute atomic E-state index is 11.5. The number of esters is 1. The quantitative estimate of drug-likeness (QED) is 0.405. The molecule has 0 spiro atoms. The predicted octanol–water partition coefficient (Wildman–Crippen LogP) is 2.56. The lowest BCUT2D eigenvalue weighted by molar-refractivity contribution is -0.150. The molecule has 0 rings (SSSR count). The largest absolute Gasteiger partial charge is 0.467 e. The van der Waals surface area contributed by atoms with Crippen LogP contribution >= 0.6 is 0 Å². The first-order valence-electron chi connectivity index (χ1n) is 8.14. The van der Waals surface area contributed by atoms with Gasteiger partial charge in [0.2, 0.25) is 5.91 Å². The Morgan fingerprint density at radius 3 is 2.05 bits per heavy atom. The van der Waals surface area contributed by atoms with Gasteiger partial charge in [0.25, 0.3) is 0 Å². The van der Waals surface area contributed by atoms with Crippen LogP contribution in [0.4, 0.5) is 0 Å². The average Bonchev–Trinajstić information content (AvgIpc) is 2.50. The molecule has 0 saturated heterocycles. The third-order valence-electron chi connectivity index (χ3n) is 3.47. The first-order chi connectivity index (χ1) is 10.1. The van der Waals surface area contributed by atoms with Crippen molar-refractivity contribution < 1.29 is 19.4 Å². The molecule has 1 unspecified atom stereocenters. The molecular weight excluding hydrogens is 270 g/mol. The highest BCUT2D eigenvalue weighted by molar-refractivity contribution is 5.78. The molecule has 0 fully saturated rings. The Bertz CT molecular complexity index is 281. The molecule has 0 aromatic rings. The highest BCUT2D eigenvalue weighted by atomic mass is 16.5. The molecule has 0 aliphatic carbocycles. The zero-order valence-corrected chi connectivity index (χ0v) is 13.5. The van der Waals surface area contributed by atoms with Gasteiger partial charge in [0, 0.05) is 6.42 Å². The van der Waals surface area contributed by atoms with E-state index >= 15 is 0 Å². The summed E-state index contributed by atoms with van der Waals surface area (Å²) >= 11 is 0. The SMILES string of the molecule is CCCCCCCCCCCC(=O)NCC(O)C(=O)OC. The summed E-state index contributed by atoms with van der Waals surface area (Å²) in [4.78, 5) is 22.4. The van der Waals surface area contributed by atoms with Crippen molar-refractivity contribution in [2.75, 3.05) is 13.7 Å². The molecule has 0 aliphatic heterocycles. The van der Waals surface area contributed by atoms with Crippen LogP contribution in [0.1, 0.15) is 71.1 Å². The number of hydrogen-bond acceptors (Lipinski definition) is 4. The van der Waals surface area contributed by atoms with E-state index in [-0.39, 0.29) is 12.5 Å². The van der Waals surface area contributed by atoms with Gasteiger partial charge in [-0.25, -0.2) is 4.79 Å². The number of carbonyl (C=O) groups is 2. The van der Waals surface area contributed by atoms with Crippen LogP contribution in [0.25, 0.3) is 0 Å². The van der Waals surface area contributed by atoms with Crippen molar-refractivity contribution in [3.05, 3.63) is 0 Å². The number of carbonyl (C=O) groups excluding carboxylic acids is 2. The molecule has 5 nitrogen and oxygen atoms in total. The molecule has 1 amide bonds. The zero-order valence-electron chi connectivity index (χ0n) is 13.5. The number of hydrogen-bond donors (Lipinski definition) is 2. The van der Waals surface area contributed by atoms with E-state index in [1.165, 1.54) is 52.1 Å². The van der Waals surface area contributed by atoms with Gasteiger partial charge in [-0.2, -0.15) is 0 Å².